The van der Waals surface area contributed by atoms with E-state index in [1.165, 1.54) is 18.2 Å². The first-order chi connectivity index (χ1) is 15.8. The summed E-state index contributed by atoms with van der Waals surface area (Å²) >= 11 is 0. The summed E-state index contributed by atoms with van der Waals surface area (Å²) in [5, 5.41) is 2.91. The van der Waals surface area contributed by atoms with Gasteiger partial charge in [-0.3, -0.25) is 9.59 Å². The lowest BCUT2D eigenvalue weighted by Crippen LogP contribution is -2.38. The SMILES string of the molecule is NC(=O)C1CCN(c2ccccc2NC(=O)/C=C/c2ccc(S(=O)(=O)NC3CC3)cc2)CC1. The van der Waals surface area contributed by atoms with E-state index in [0.29, 0.717) is 31.6 Å². The molecule has 174 valence electrons. The van der Waals surface area contributed by atoms with E-state index in [0.717, 1.165) is 24.1 Å². The highest BCUT2D eigenvalue weighted by Crippen LogP contribution is 2.30. The molecule has 1 heterocycles. The summed E-state index contributed by atoms with van der Waals surface area (Å²) < 4.78 is 27.2. The molecular formula is C24H28N4O4S. The number of carbonyl (C=O) groups excluding carboxylic acids is 2. The van der Waals surface area contributed by atoms with E-state index in [1.807, 2.05) is 24.3 Å². The van der Waals surface area contributed by atoms with Gasteiger partial charge in [0.15, 0.2) is 0 Å². The number of nitrogens with two attached hydrogens (primary N) is 1. The Bertz CT molecular complexity index is 1150. The fourth-order valence-corrected chi connectivity index (χ4v) is 5.16. The van der Waals surface area contributed by atoms with Crippen LogP contribution in [0.2, 0.25) is 0 Å². The molecule has 1 aliphatic heterocycles. The van der Waals surface area contributed by atoms with Gasteiger partial charge in [0.25, 0.3) is 0 Å². The normalized spacial score (nSPS) is 17.3. The Morgan fingerprint density at radius 2 is 1.64 bits per heavy atom. The quantitative estimate of drug-likeness (QED) is 0.514. The summed E-state index contributed by atoms with van der Waals surface area (Å²) in [7, 11) is -3.49. The number of hydrogen-bond acceptors (Lipinski definition) is 5. The van der Waals surface area contributed by atoms with E-state index in [1.54, 1.807) is 18.2 Å². The van der Waals surface area contributed by atoms with Crippen LogP contribution in [0.3, 0.4) is 0 Å². The maximum absolute atomic E-state index is 12.5. The maximum Gasteiger partial charge on any atom is 0.248 e. The summed E-state index contributed by atoms with van der Waals surface area (Å²) in [4.78, 5) is 26.3. The van der Waals surface area contributed by atoms with Crippen molar-refractivity contribution in [3.63, 3.8) is 0 Å². The van der Waals surface area contributed by atoms with Crippen molar-refractivity contribution >= 4 is 39.3 Å². The number of piperidine rings is 1. The Balaban J connectivity index is 1.38. The van der Waals surface area contributed by atoms with Crippen LogP contribution >= 0.6 is 0 Å². The molecule has 0 spiro atoms. The number of para-hydroxylation sites is 2. The predicted molar refractivity (Wildman–Crippen MR) is 128 cm³/mol. The van der Waals surface area contributed by atoms with Crippen LogP contribution in [0.25, 0.3) is 6.08 Å². The number of benzene rings is 2. The Morgan fingerprint density at radius 3 is 2.27 bits per heavy atom. The van der Waals surface area contributed by atoms with E-state index >= 15 is 0 Å². The number of nitrogens with one attached hydrogen (secondary N) is 2. The third-order valence-corrected chi connectivity index (χ3v) is 7.45. The summed E-state index contributed by atoms with van der Waals surface area (Å²) in [6.07, 6.45) is 6.20. The van der Waals surface area contributed by atoms with Crippen molar-refractivity contribution in [2.24, 2.45) is 11.7 Å². The molecule has 1 saturated heterocycles. The van der Waals surface area contributed by atoms with Crippen LogP contribution in [0.4, 0.5) is 11.4 Å². The average Bonchev–Trinajstić information content (AvgIpc) is 3.62. The number of primary amides is 1. The first-order valence-corrected chi connectivity index (χ1v) is 12.5. The second-order valence-electron chi connectivity index (χ2n) is 8.47. The maximum atomic E-state index is 12.5. The van der Waals surface area contributed by atoms with Crippen LogP contribution < -0.4 is 20.7 Å². The van der Waals surface area contributed by atoms with Crippen LogP contribution in [0.5, 0.6) is 0 Å². The monoisotopic (exact) mass is 468 g/mol. The zero-order valence-corrected chi connectivity index (χ0v) is 19.1. The highest BCUT2D eigenvalue weighted by molar-refractivity contribution is 7.89. The predicted octanol–water partition coefficient (Wildman–Crippen LogP) is 2.48. The van der Waals surface area contributed by atoms with Crippen LogP contribution in [-0.4, -0.2) is 39.4 Å². The second-order valence-corrected chi connectivity index (χ2v) is 10.2. The van der Waals surface area contributed by atoms with E-state index in [2.05, 4.69) is 14.9 Å². The molecule has 0 radical (unpaired) electrons. The first kappa shape index (κ1) is 23.0. The highest BCUT2D eigenvalue weighted by Gasteiger charge is 2.28. The molecule has 8 nitrogen and oxygen atoms in total. The molecule has 2 fully saturated rings. The standard InChI is InChI=1S/C24H28N4O4S/c25-24(30)18-13-15-28(16-14-18)22-4-2-1-3-21(22)26-23(29)12-7-17-5-10-20(11-6-17)33(31,32)27-19-8-9-19/h1-7,10-12,18-19,27H,8-9,13-16H2,(H2,25,30)(H,26,29)/b12-7+. The minimum atomic E-state index is -3.49. The van der Waals surface area contributed by atoms with Gasteiger partial charge in [-0.15, -0.1) is 0 Å². The number of hydrogen-bond donors (Lipinski definition) is 3. The van der Waals surface area contributed by atoms with Crippen molar-refractivity contribution in [3.05, 3.63) is 60.2 Å². The number of carbonyl (C=O) groups is 2. The van der Waals surface area contributed by atoms with Crippen LogP contribution in [-0.2, 0) is 19.6 Å². The number of anilines is 2. The van der Waals surface area contributed by atoms with Crippen molar-refractivity contribution in [1.29, 1.82) is 0 Å². The largest absolute Gasteiger partial charge is 0.370 e. The number of sulfonamides is 1. The van der Waals surface area contributed by atoms with Crippen LogP contribution in [0.15, 0.2) is 59.5 Å². The van der Waals surface area contributed by atoms with Gasteiger partial charge in [-0.05, 0) is 61.6 Å². The van der Waals surface area contributed by atoms with Gasteiger partial charge >= 0.3 is 0 Å². The summed E-state index contributed by atoms with van der Waals surface area (Å²) in [5.41, 5.74) is 7.74. The van der Waals surface area contributed by atoms with Gasteiger partial charge < -0.3 is 16.0 Å². The van der Waals surface area contributed by atoms with Crippen molar-refractivity contribution in [3.8, 4) is 0 Å². The van der Waals surface area contributed by atoms with Crippen LogP contribution in [0, 0.1) is 5.92 Å². The number of amides is 2. The third-order valence-electron chi connectivity index (χ3n) is 5.92. The zero-order chi connectivity index (χ0) is 23.4. The lowest BCUT2D eigenvalue weighted by atomic mass is 9.96. The molecule has 2 aliphatic rings. The molecule has 4 N–H and O–H groups in total. The van der Waals surface area contributed by atoms with Gasteiger partial charge in [-0.25, -0.2) is 13.1 Å². The molecule has 0 aromatic heterocycles. The molecule has 9 heteroatoms. The molecule has 33 heavy (non-hydrogen) atoms. The Hall–Kier alpha value is -3.17. The first-order valence-electron chi connectivity index (χ1n) is 11.1. The van der Waals surface area contributed by atoms with Gasteiger partial charge in [0.05, 0.1) is 16.3 Å². The van der Waals surface area contributed by atoms with Crippen molar-refractivity contribution in [2.75, 3.05) is 23.3 Å². The summed E-state index contributed by atoms with van der Waals surface area (Å²) in [6, 6.07) is 14.0. The smallest absolute Gasteiger partial charge is 0.248 e. The van der Waals surface area contributed by atoms with Crippen molar-refractivity contribution in [2.45, 2.75) is 36.6 Å². The average molecular weight is 469 g/mol. The van der Waals surface area contributed by atoms with Gasteiger partial charge in [0, 0.05) is 31.1 Å². The zero-order valence-electron chi connectivity index (χ0n) is 18.2. The van der Waals surface area contributed by atoms with E-state index in [9.17, 15) is 18.0 Å². The molecule has 0 atom stereocenters. The van der Waals surface area contributed by atoms with Gasteiger partial charge in [0.2, 0.25) is 21.8 Å². The molecular weight excluding hydrogens is 440 g/mol. The lowest BCUT2D eigenvalue weighted by molar-refractivity contribution is -0.122. The van der Waals surface area contributed by atoms with Crippen LogP contribution in [0.1, 0.15) is 31.2 Å². The third kappa shape index (κ3) is 6.00. The molecule has 1 saturated carbocycles. The minimum Gasteiger partial charge on any atom is -0.370 e. The molecule has 2 aromatic rings. The molecule has 2 amide bonds. The number of rotatable bonds is 8. The van der Waals surface area contributed by atoms with E-state index in [4.69, 9.17) is 5.73 Å². The molecule has 0 bridgehead atoms. The molecule has 2 aromatic carbocycles. The van der Waals surface area contributed by atoms with Gasteiger partial charge in [0.1, 0.15) is 0 Å². The molecule has 0 unspecified atom stereocenters. The topological polar surface area (TPSA) is 122 Å². The Morgan fingerprint density at radius 1 is 0.970 bits per heavy atom. The minimum absolute atomic E-state index is 0.0515. The van der Waals surface area contributed by atoms with Crippen molar-refractivity contribution in [1.82, 2.24) is 4.72 Å². The molecule has 4 rings (SSSR count). The Kier molecular flexibility index (Phi) is 6.80. The second kappa shape index (κ2) is 9.76. The summed E-state index contributed by atoms with van der Waals surface area (Å²) in [5.74, 6) is -0.649. The fourth-order valence-electron chi connectivity index (χ4n) is 3.85. The van der Waals surface area contributed by atoms with Gasteiger partial charge in [-0.1, -0.05) is 24.3 Å². The van der Waals surface area contributed by atoms with Crippen molar-refractivity contribution < 1.29 is 18.0 Å². The van der Waals surface area contributed by atoms with E-state index in [-0.39, 0.29) is 28.7 Å². The van der Waals surface area contributed by atoms with Gasteiger partial charge in [-0.2, -0.15) is 0 Å². The highest BCUT2D eigenvalue weighted by atomic mass is 32.2. The lowest BCUT2D eigenvalue weighted by Gasteiger charge is -2.33. The number of nitrogens with zero attached hydrogens (tertiary/aromatic N) is 1. The molecule has 1 aliphatic carbocycles. The fraction of sp³-hybridized carbons (Fsp3) is 0.333. The van der Waals surface area contributed by atoms with E-state index < -0.39 is 10.0 Å². The summed E-state index contributed by atoms with van der Waals surface area (Å²) in [6.45, 7) is 1.39. The Labute approximate surface area is 193 Å².